The zero-order chi connectivity index (χ0) is 15.6. The van der Waals surface area contributed by atoms with Crippen molar-refractivity contribution in [3.8, 4) is 0 Å². The van der Waals surface area contributed by atoms with E-state index in [-0.39, 0.29) is 11.8 Å². The van der Waals surface area contributed by atoms with Gasteiger partial charge in [0.05, 0.1) is 0 Å². The Bertz CT molecular complexity index is 624. The maximum atomic E-state index is 12.1. The molecule has 2 rings (SSSR count). The summed E-state index contributed by atoms with van der Waals surface area (Å²) in [4.78, 5) is 12.1. The summed E-state index contributed by atoms with van der Waals surface area (Å²) in [5, 5.41) is 0. The second kappa shape index (κ2) is 6.15. The predicted molar refractivity (Wildman–Crippen MR) is 82.0 cm³/mol. The number of nitrogens with zero attached hydrogens (tertiary/aromatic N) is 1. The van der Waals surface area contributed by atoms with Crippen LogP contribution >= 0.6 is 0 Å². The molecule has 0 bridgehead atoms. The highest BCUT2D eigenvalue weighted by molar-refractivity contribution is 7.87. The van der Waals surface area contributed by atoms with Crippen molar-refractivity contribution in [3.63, 3.8) is 0 Å². The molecule has 0 unspecified atom stereocenters. The number of hydrogen-bond donors (Lipinski definition) is 1. The minimum atomic E-state index is -3.71. The third kappa shape index (κ3) is 3.44. The first-order valence-corrected chi connectivity index (χ1v) is 8.72. The van der Waals surface area contributed by atoms with Gasteiger partial charge in [0, 0.05) is 19.0 Å². The third-order valence-electron chi connectivity index (χ3n) is 3.99. The van der Waals surface area contributed by atoms with E-state index in [1.165, 1.54) is 4.31 Å². The Morgan fingerprint density at radius 2 is 1.90 bits per heavy atom. The minimum absolute atomic E-state index is 0.137. The van der Waals surface area contributed by atoms with Crippen LogP contribution in [-0.4, -0.2) is 31.7 Å². The maximum Gasteiger partial charge on any atom is 0.303 e. The fourth-order valence-electron chi connectivity index (χ4n) is 2.66. The fourth-order valence-corrected chi connectivity index (χ4v) is 3.88. The average molecular weight is 310 g/mol. The maximum absolute atomic E-state index is 12.1. The molecule has 1 aromatic rings. The van der Waals surface area contributed by atoms with E-state index in [9.17, 15) is 13.2 Å². The molecule has 0 aliphatic heterocycles. The van der Waals surface area contributed by atoms with Gasteiger partial charge in [0.25, 0.3) is 0 Å². The van der Waals surface area contributed by atoms with Crippen LogP contribution in [-0.2, 0) is 15.0 Å². The first kappa shape index (κ1) is 16.0. The number of amides is 1. The van der Waals surface area contributed by atoms with Crippen molar-refractivity contribution in [3.05, 3.63) is 35.4 Å². The lowest BCUT2D eigenvalue weighted by Gasteiger charge is -2.18. The van der Waals surface area contributed by atoms with Crippen molar-refractivity contribution in [2.75, 3.05) is 13.1 Å². The van der Waals surface area contributed by atoms with Gasteiger partial charge in [-0.15, -0.1) is 0 Å². The SMILES string of the molecule is CCN(CC)S(=O)(=O)NC(=O)[C@@H]1C[C@@H]1c1ccccc1C. The van der Waals surface area contributed by atoms with Crippen LogP contribution in [0.15, 0.2) is 24.3 Å². The first-order chi connectivity index (χ1) is 9.90. The summed E-state index contributed by atoms with van der Waals surface area (Å²) in [6.45, 7) is 6.21. The minimum Gasteiger partial charge on any atom is -0.274 e. The van der Waals surface area contributed by atoms with E-state index < -0.39 is 16.1 Å². The molecule has 1 aliphatic carbocycles. The molecule has 2 atom stereocenters. The molecule has 0 radical (unpaired) electrons. The van der Waals surface area contributed by atoms with Gasteiger partial charge in [-0.2, -0.15) is 12.7 Å². The molecule has 1 aliphatic rings. The molecule has 5 nitrogen and oxygen atoms in total. The normalized spacial score (nSPS) is 21.3. The van der Waals surface area contributed by atoms with Crippen molar-refractivity contribution >= 4 is 16.1 Å². The van der Waals surface area contributed by atoms with E-state index in [4.69, 9.17) is 0 Å². The van der Waals surface area contributed by atoms with Crippen molar-refractivity contribution in [1.29, 1.82) is 0 Å². The lowest BCUT2D eigenvalue weighted by molar-refractivity contribution is -0.120. The van der Waals surface area contributed by atoms with Gasteiger partial charge in [-0.3, -0.25) is 4.79 Å². The van der Waals surface area contributed by atoms with Crippen LogP contribution < -0.4 is 4.72 Å². The lowest BCUT2D eigenvalue weighted by atomic mass is 10.0. The quantitative estimate of drug-likeness (QED) is 0.871. The average Bonchev–Trinajstić information content (AvgIpc) is 3.20. The fraction of sp³-hybridized carbons (Fsp3) is 0.533. The van der Waals surface area contributed by atoms with Crippen molar-refractivity contribution in [1.82, 2.24) is 9.03 Å². The number of benzene rings is 1. The smallest absolute Gasteiger partial charge is 0.274 e. The van der Waals surface area contributed by atoms with Crippen molar-refractivity contribution < 1.29 is 13.2 Å². The Morgan fingerprint density at radius 3 is 2.48 bits per heavy atom. The molecule has 0 spiro atoms. The van der Waals surface area contributed by atoms with Crippen LogP contribution in [0, 0.1) is 12.8 Å². The second-order valence-corrected chi connectivity index (χ2v) is 7.03. The molecule has 0 aromatic heterocycles. The molecule has 1 N–H and O–H groups in total. The number of rotatable bonds is 6. The number of carbonyl (C=O) groups is 1. The summed E-state index contributed by atoms with van der Waals surface area (Å²) in [6.07, 6.45) is 0.713. The van der Waals surface area contributed by atoms with Crippen molar-refractivity contribution in [2.24, 2.45) is 5.92 Å². The number of carbonyl (C=O) groups excluding carboxylic acids is 1. The first-order valence-electron chi connectivity index (χ1n) is 7.28. The lowest BCUT2D eigenvalue weighted by Crippen LogP contribution is -2.44. The van der Waals surface area contributed by atoms with E-state index in [1.54, 1.807) is 13.8 Å². The topological polar surface area (TPSA) is 66.5 Å². The van der Waals surface area contributed by atoms with E-state index in [0.29, 0.717) is 19.5 Å². The molecule has 0 saturated heterocycles. The molecule has 6 heteroatoms. The second-order valence-electron chi connectivity index (χ2n) is 5.36. The molecule has 116 valence electrons. The Hall–Kier alpha value is -1.40. The Morgan fingerprint density at radius 1 is 1.29 bits per heavy atom. The van der Waals surface area contributed by atoms with Gasteiger partial charge >= 0.3 is 10.2 Å². The molecule has 1 fully saturated rings. The largest absolute Gasteiger partial charge is 0.303 e. The number of hydrogen-bond acceptors (Lipinski definition) is 3. The third-order valence-corrected chi connectivity index (χ3v) is 5.65. The van der Waals surface area contributed by atoms with Gasteiger partial charge in [-0.05, 0) is 30.4 Å². The van der Waals surface area contributed by atoms with E-state index in [2.05, 4.69) is 4.72 Å². The van der Waals surface area contributed by atoms with Crippen LogP contribution in [0.25, 0.3) is 0 Å². The zero-order valence-corrected chi connectivity index (χ0v) is 13.5. The number of aryl methyl sites for hydroxylation is 1. The van der Waals surface area contributed by atoms with Crippen LogP contribution in [0.5, 0.6) is 0 Å². The molecular formula is C15H22N2O3S. The monoisotopic (exact) mass is 310 g/mol. The van der Waals surface area contributed by atoms with Crippen LogP contribution in [0.2, 0.25) is 0 Å². The van der Waals surface area contributed by atoms with E-state index in [0.717, 1.165) is 11.1 Å². The summed E-state index contributed by atoms with van der Waals surface area (Å²) in [5.74, 6) is -0.496. The highest BCUT2D eigenvalue weighted by atomic mass is 32.2. The molecule has 0 heterocycles. The summed E-state index contributed by atoms with van der Waals surface area (Å²) < 4.78 is 27.5. The van der Waals surface area contributed by atoms with Crippen LogP contribution in [0.3, 0.4) is 0 Å². The van der Waals surface area contributed by atoms with Crippen LogP contribution in [0.4, 0.5) is 0 Å². The standard InChI is InChI=1S/C15H22N2O3S/c1-4-17(5-2)21(19,20)16-15(18)14-10-13(14)12-9-7-6-8-11(12)3/h6-9,13-14H,4-5,10H2,1-3H3,(H,16,18)/t13-,14-/m1/s1. The summed E-state index contributed by atoms with van der Waals surface area (Å²) >= 11 is 0. The van der Waals surface area contributed by atoms with Gasteiger partial charge in [0.15, 0.2) is 0 Å². The highest BCUT2D eigenvalue weighted by Gasteiger charge is 2.45. The summed E-state index contributed by atoms with van der Waals surface area (Å²) in [5.41, 5.74) is 2.28. The van der Waals surface area contributed by atoms with Gasteiger partial charge in [-0.25, -0.2) is 4.72 Å². The van der Waals surface area contributed by atoms with Gasteiger partial charge in [0.1, 0.15) is 0 Å². The summed E-state index contributed by atoms with van der Waals surface area (Å²) in [6, 6.07) is 7.92. The Kier molecular flexibility index (Phi) is 4.68. The number of nitrogens with one attached hydrogen (secondary N) is 1. The summed E-state index contributed by atoms with van der Waals surface area (Å²) in [7, 11) is -3.71. The Balaban J connectivity index is 2.03. The van der Waals surface area contributed by atoms with Gasteiger partial charge < -0.3 is 0 Å². The van der Waals surface area contributed by atoms with E-state index >= 15 is 0 Å². The highest BCUT2D eigenvalue weighted by Crippen LogP contribution is 2.48. The molecular weight excluding hydrogens is 288 g/mol. The molecule has 1 amide bonds. The molecule has 1 saturated carbocycles. The van der Waals surface area contributed by atoms with Crippen LogP contribution in [0.1, 0.15) is 37.3 Å². The van der Waals surface area contributed by atoms with Crippen molar-refractivity contribution in [2.45, 2.75) is 33.1 Å². The Labute approximate surface area is 126 Å². The zero-order valence-electron chi connectivity index (χ0n) is 12.7. The van der Waals surface area contributed by atoms with Gasteiger partial charge in [-0.1, -0.05) is 38.1 Å². The molecule has 21 heavy (non-hydrogen) atoms. The molecule has 1 aromatic carbocycles. The van der Waals surface area contributed by atoms with Gasteiger partial charge in [0.2, 0.25) is 5.91 Å². The predicted octanol–water partition coefficient (Wildman–Crippen LogP) is 1.80. The van der Waals surface area contributed by atoms with E-state index in [1.807, 2.05) is 31.2 Å².